The Labute approximate surface area is 132 Å². The molecular weight excluding hydrogens is 306 g/mol. The fraction of sp³-hybridized carbons (Fsp3) is 0.714. The van der Waals surface area contributed by atoms with E-state index in [1.165, 1.54) is 6.26 Å². The number of aryl methyl sites for hydroxylation is 1. The van der Waals surface area contributed by atoms with Gasteiger partial charge in [-0.3, -0.25) is 0 Å². The highest BCUT2D eigenvalue weighted by Crippen LogP contribution is 2.07. The third-order valence-corrected chi connectivity index (χ3v) is 3.79. The van der Waals surface area contributed by atoms with Gasteiger partial charge in [-0.1, -0.05) is 0 Å². The van der Waals surface area contributed by atoms with E-state index in [0.29, 0.717) is 25.9 Å². The van der Waals surface area contributed by atoms with Gasteiger partial charge in [0, 0.05) is 37.7 Å². The highest BCUT2D eigenvalue weighted by molar-refractivity contribution is 7.90. The van der Waals surface area contributed by atoms with Crippen LogP contribution in [0.1, 0.15) is 32.9 Å². The molecule has 0 fully saturated rings. The summed E-state index contributed by atoms with van der Waals surface area (Å²) < 4.78 is 29.3. The molecule has 0 unspecified atom stereocenters. The van der Waals surface area contributed by atoms with Crippen molar-refractivity contribution in [3.63, 3.8) is 0 Å². The van der Waals surface area contributed by atoms with Gasteiger partial charge in [0.1, 0.15) is 15.4 Å². The summed E-state index contributed by atoms with van der Waals surface area (Å²) >= 11 is 0. The Morgan fingerprint density at radius 2 is 2.09 bits per heavy atom. The van der Waals surface area contributed by atoms with Crippen molar-refractivity contribution in [1.82, 2.24) is 14.9 Å². The van der Waals surface area contributed by atoms with Crippen molar-refractivity contribution in [3.05, 3.63) is 18.2 Å². The van der Waals surface area contributed by atoms with Crippen LogP contribution in [-0.4, -0.2) is 48.2 Å². The van der Waals surface area contributed by atoms with Gasteiger partial charge < -0.3 is 14.6 Å². The number of imidazole rings is 1. The first-order valence-electron chi connectivity index (χ1n) is 7.20. The molecule has 7 nitrogen and oxygen atoms in total. The maximum atomic E-state index is 11.5. The first-order valence-corrected chi connectivity index (χ1v) is 9.26. The third kappa shape index (κ3) is 8.02. The predicted molar refractivity (Wildman–Crippen MR) is 84.5 cm³/mol. The minimum absolute atomic E-state index is 0.154. The zero-order valence-corrected chi connectivity index (χ0v) is 14.4. The maximum Gasteiger partial charge on any atom is 0.407 e. The zero-order valence-electron chi connectivity index (χ0n) is 13.6. The molecule has 0 aliphatic heterocycles. The molecule has 0 aliphatic carbocycles. The zero-order chi connectivity index (χ0) is 16.8. The summed E-state index contributed by atoms with van der Waals surface area (Å²) in [5.74, 6) is 0.154. The van der Waals surface area contributed by atoms with Crippen molar-refractivity contribution in [1.29, 1.82) is 0 Å². The monoisotopic (exact) mass is 331 g/mol. The van der Waals surface area contributed by atoms with Crippen molar-refractivity contribution < 1.29 is 17.9 Å². The van der Waals surface area contributed by atoms with Crippen LogP contribution in [0.2, 0.25) is 0 Å². The lowest BCUT2D eigenvalue weighted by Crippen LogP contribution is -2.33. The normalized spacial score (nSPS) is 12.2. The van der Waals surface area contributed by atoms with E-state index in [0.717, 1.165) is 5.69 Å². The van der Waals surface area contributed by atoms with E-state index in [9.17, 15) is 13.2 Å². The predicted octanol–water partition coefficient (Wildman–Crippen LogP) is 1.39. The molecule has 0 aromatic carbocycles. The molecule has 1 amide bonds. The van der Waals surface area contributed by atoms with Gasteiger partial charge >= 0.3 is 6.09 Å². The third-order valence-electron chi connectivity index (χ3n) is 2.76. The molecule has 0 aliphatic rings. The molecule has 1 rings (SSSR count). The van der Waals surface area contributed by atoms with Gasteiger partial charge in [0.05, 0.1) is 12.1 Å². The Morgan fingerprint density at radius 1 is 1.41 bits per heavy atom. The fourth-order valence-corrected chi connectivity index (χ4v) is 2.52. The van der Waals surface area contributed by atoms with Crippen molar-refractivity contribution in [3.8, 4) is 0 Å². The van der Waals surface area contributed by atoms with Gasteiger partial charge in [-0.05, 0) is 27.2 Å². The van der Waals surface area contributed by atoms with Gasteiger partial charge in [0.15, 0.2) is 0 Å². The lowest BCUT2D eigenvalue weighted by molar-refractivity contribution is 0.0528. The summed E-state index contributed by atoms with van der Waals surface area (Å²) in [6, 6.07) is 0. The summed E-state index contributed by atoms with van der Waals surface area (Å²) in [5.41, 5.74) is 0.432. The number of ether oxygens (including phenoxy) is 1. The molecule has 1 aromatic rings. The minimum atomic E-state index is -2.94. The molecule has 0 atom stereocenters. The number of sulfone groups is 1. The molecule has 1 N–H and O–H groups in total. The molecule has 126 valence electrons. The Morgan fingerprint density at radius 3 is 2.68 bits per heavy atom. The van der Waals surface area contributed by atoms with Crippen LogP contribution in [0.15, 0.2) is 12.5 Å². The Kier molecular flexibility index (Phi) is 6.40. The van der Waals surface area contributed by atoms with E-state index >= 15 is 0 Å². The fourth-order valence-electron chi connectivity index (χ4n) is 1.86. The molecule has 0 saturated heterocycles. The number of nitrogens with zero attached hydrogens (tertiary/aromatic N) is 2. The largest absolute Gasteiger partial charge is 0.444 e. The van der Waals surface area contributed by atoms with E-state index in [2.05, 4.69) is 10.3 Å². The topological polar surface area (TPSA) is 90.3 Å². The van der Waals surface area contributed by atoms with Crippen LogP contribution < -0.4 is 5.32 Å². The van der Waals surface area contributed by atoms with Crippen molar-refractivity contribution in [2.45, 2.75) is 45.8 Å². The molecule has 1 heterocycles. The van der Waals surface area contributed by atoms with E-state index in [4.69, 9.17) is 4.74 Å². The number of hydrogen-bond acceptors (Lipinski definition) is 5. The van der Waals surface area contributed by atoms with Crippen LogP contribution in [-0.2, 0) is 27.5 Å². The first-order chi connectivity index (χ1) is 10.1. The van der Waals surface area contributed by atoms with Crippen molar-refractivity contribution in [2.24, 2.45) is 0 Å². The SMILES string of the molecule is CC(C)(C)OC(=O)NCCc1cncn1CCCS(C)(=O)=O. The maximum absolute atomic E-state index is 11.5. The van der Waals surface area contributed by atoms with Crippen molar-refractivity contribution in [2.75, 3.05) is 18.6 Å². The molecule has 0 bridgehead atoms. The van der Waals surface area contributed by atoms with Crippen LogP contribution in [0, 0.1) is 0 Å². The van der Waals surface area contributed by atoms with Crippen LogP contribution in [0.25, 0.3) is 0 Å². The number of aromatic nitrogens is 2. The van der Waals surface area contributed by atoms with Crippen molar-refractivity contribution >= 4 is 15.9 Å². The molecule has 0 saturated carbocycles. The van der Waals surface area contributed by atoms with E-state index in [1.54, 1.807) is 12.5 Å². The van der Waals surface area contributed by atoms with Gasteiger partial charge in [0.2, 0.25) is 0 Å². The Balaban J connectivity index is 2.38. The number of hydrogen-bond donors (Lipinski definition) is 1. The summed E-state index contributed by atoms with van der Waals surface area (Å²) in [5, 5.41) is 2.69. The number of amides is 1. The number of rotatable bonds is 7. The number of nitrogens with one attached hydrogen (secondary N) is 1. The van der Waals surface area contributed by atoms with Gasteiger partial charge in [-0.15, -0.1) is 0 Å². The quantitative estimate of drug-likeness (QED) is 0.815. The second-order valence-corrected chi connectivity index (χ2v) is 8.50. The molecule has 0 spiro atoms. The molecule has 0 radical (unpaired) electrons. The summed E-state index contributed by atoms with van der Waals surface area (Å²) in [6.07, 6.45) is 5.32. The number of carbonyl (C=O) groups excluding carboxylic acids is 1. The van der Waals surface area contributed by atoms with Gasteiger partial charge in [-0.2, -0.15) is 0 Å². The van der Waals surface area contributed by atoms with Crippen LogP contribution >= 0.6 is 0 Å². The van der Waals surface area contributed by atoms with Crippen LogP contribution in [0.3, 0.4) is 0 Å². The average molecular weight is 331 g/mol. The smallest absolute Gasteiger partial charge is 0.407 e. The minimum Gasteiger partial charge on any atom is -0.444 e. The Bertz CT molecular complexity index is 587. The van der Waals surface area contributed by atoms with Crippen LogP contribution in [0.4, 0.5) is 4.79 Å². The van der Waals surface area contributed by atoms with E-state index in [1.807, 2.05) is 25.3 Å². The average Bonchev–Trinajstić information content (AvgIpc) is 2.73. The summed E-state index contributed by atoms with van der Waals surface area (Å²) in [4.78, 5) is 15.6. The van der Waals surface area contributed by atoms with E-state index < -0.39 is 21.5 Å². The number of carbonyl (C=O) groups is 1. The van der Waals surface area contributed by atoms with Gasteiger partial charge in [-0.25, -0.2) is 18.2 Å². The second kappa shape index (κ2) is 7.62. The van der Waals surface area contributed by atoms with E-state index in [-0.39, 0.29) is 5.75 Å². The molecule has 22 heavy (non-hydrogen) atoms. The lowest BCUT2D eigenvalue weighted by atomic mass is 10.2. The van der Waals surface area contributed by atoms with Gasteiger partial charge in [0.25, 0.3) is 0 Å². The standard InChI is InChI=1S/C14H25N3O4S/c1-14(2,3)21-13(18)16-7-6-12-10-15-11-17(12)8-5-9-22(4,19)20/h10-11H,5-9H2,1-4H3,(H,16,18). The molecular formula is C14H25N3O4S. The summed E-state index contributed by atoms with van der Waals surface area (Å²) in [7, 11) is -2.94. The first kappa shape index (κ1) is 18.5. The summed E-state index contributed by atoms with van der Waals surface area (Å²) in [6.45, 7) is 6.46. The Hall–Kier alpha value is -1.57. The number of alkyl carbamates (subject to hydrolysis) is 1. The molecule has 1 aromatic heterocycles. The highest BCUT2D eigenvalue weighted by atomic mass is 32.2. The van der Waals surface area contributed by atoms with Crippen LogP contribution in [0.5, 0.6) is 0 Å². The lowest BCUT2D eigenvalue weighted by Gasteiger charge is -2.19. The highest BCUT2D eigenvalue weighted by Gasteiger charge is 2.15. The second-order valence-electron chi connectivity index (χ2n) is 6.24. The molecule has 8 heteroatoms.